The van der Waals surface area contributed by atoms with E-state index in [-0.39, 0.29) is 0 Å². The maximum atomic E-state index is 6.12. The van der Waals surface area contributed by atoms with Crippen LogP contribution in [-0.4, -0.2) is 47.8 Å². The molecule has 2 heterocycles. The lowest BCUT2D eigenvalue weighted by Gasteiger charge is -2.38. The Balaban J connectivity index is 2.04. The van der Waals surface area contributed by atoms with Crippen molar-refractivity contribution >= 4 is 28.2 Å². The first kappa shape index (κ1) is 12.6. The second kappa shape index (κ2) is 4.94. The van der Waals surface area contributed by atoms with Gasteiger partial charge in [-0.1, -0.05) is 35.9 Å². The van der Waals surface area contributed by atoms with E-state index in [1.165, 1.54) is 0 Å². The molecule has 0 saturated carbocycles. The molecule has 0 N–H and O–H groups in total. The van der Waals surface area contributed by atoms with E-state index >= 15 is 0 Å². The van der Waals surface area contributed by atoms with Crippen molar-refractivity contribution < 1.29 is 0 Å². The monoisotopic (exact) mass is 276 g/mol. The zero-order valence-electron chi connectivity index (χ0n) is 11.2. The Hall–Kier alpha value is -1.39. The third-order valence-corrected chi connectivity index (χ3v) is 4.16. The smallest absolute Gasteiger partial charge is 0.159 e. The first-order chi connectivity index (χ1) is 9.16. The number of aromatic nitrogens is 2. The SMILES string of the molecule is CC1CN(c2nnc(Cl)c3ccccc23)CCN1C. The van der Waals surface area contributed by atoms with Gasteiger partial charge in [0.05, 0.1) is 0 Å². The molecule has 0 aliphatic carbocycles. The molecule has 0 radical (unpaired) electrons. The van der Waals surface area contributed by atoms with Gasteiger partial charge in [0, 0.05) is 36.4 Å². The van der Waals surface area contributed by atoms with Gasteiger partial charge in [-0.25, -0.2) is 0 Å². The predicted molar refractivity (Wildman–Crippen MR) is 78.9 cm³/mol. The summed E-state index contributed by atoms with van der Waals surface area (Å²) >= 11 is 6.12. The van der Waals surface area contributed by atoms with Crippen LogP contribution in [0.3, 0.4) is 0 Å². The zero-order chi connectivity index (χ0) is 13.4. The predicted octanol–water partition coefficient (Wildman–Crippen LogP) is 2.42. The first-order valence-corrected chi connectivity index (χ1v) is 6.90. The zero-order valence-corrected chi connectivity index (χ0v) is 11.9. The average Bonchev–Trinajstić information content (AvgIpc) is 2.43. The normalized spacial score (nSPS) is 21.0. The number of fused-ring (bicyclic) bond motifs is 1. The molecule has 1 fully saturated rings. The van der Waals surface area contributed by atoms with E-state index in [1.807, 2.05) is 18.2 Å². The molecular weight excluding hydrogens is 260 g/mol. The summed E-state index contributed by atoms with van der Waals surface area (Å²) < 4.78 is 0. The maximum Gasteiger partial charge on any atom is 0.159 e. The molecular formula is C14H17ClN4. The van der Waals surface area contributed by atoms with Crippen molar-refractivity contribution in [3.05, 3.63) is 29.4 Å². The van der Waals surface area contributed by atoms with Crippen LogP contribution in [0, 0.1) is 0 Å². The highest BCUT2D eigenvalue weighted by Gasteiger charge is 2.23. The summed E-state index contributed by atoms with van der Waals surface area (Å²) in [5.41, 5.74) is 0. The number of anilines is 1. The molecule has 19 heavy (non-hydrogen) atoms. The Bertz CT molecular complexity index is 601. The van der Waals surface area contributed by atoms with Crippen LogP contribution in [-0.2, 0) is 0 Å². The lowest BCUT2D eigenvalue weighted by molar-refractivity contribution is 0.233. The topological polar surface area (TPSA) is 32.3 Å². The first-order valence-electron chi connectivity index (χ1n) is 6.53. The molecule has 1 saturated heterocycles. The van der Waals surface area contributed by atoms with E-state index in [1.54, 1.807) is 0 Å². The van der Waals surface area contributed by atoms with E-state index in [4.69, 9.17) is 11.6 Å². The van der Waals surface area contributed by atoms with Crippen LogP contribution in [0.4, 0.5) is 5.82 Å². The van der Waals surface area contributed by atoms with Crippen LogP contribution in [0.25, 0.3) is 10.8 Å². The van der Waals surface area contributed by atoms with Gasteiger partial charge in [0.2, 0.25) is 0 Å². The highest BCUT2D eigenvalue weighted by molar-refractivity contribution is 6.34. The molecule has 0 amide bonds. The van der Waals surface area contributed by atoms with Gasteiger partial charge in [-0.15, -0.1) is 10.2 Å². The summed E-state index contributed by atoms with van der Waals surface area (Å²) in [6, 6.07) is 8.57. The highest BCUT2D eigenvalue weighted by Crippen LogP contribution is 2.29. The number of halogens is 1. The minimum absolute atomic E-state index is 0.474. The van der Waals surface area contributed by atoms with Gasteiger partial charge >= 0.3 is 0 Å². The van der Waals surface area contributed by atoms with Crippen LogP contribution in [0.2, 0.25) is 5.15 Å². The molecule has 100 valence electrons. The molecule has 4 nitrogen and oxygen atoms in total. The number of likely N-dealkylation sites (N-methyl/N-ethyl adjacent to an activating group) is 1. The quantitative estimate of drug-likeness (QED) is 0.801. The molecule has 1 aliphatic heterocycles. The fraction of sp³-hybridized carbons (Fsp3) is 0.429. The fourth-order valence-electron chi connectivity index (χ4n) is 2.53. The number of benzene rings is 1. The molecule has 1 atom stereocenters. The number of piperazine rings is 1. The number of nitrogens with zero attached hydrogens (tertiary/aromatic N) is 4. The second-order valence-electron chi connectivity index (χ2n) is 5.14. The van der Waals surface area contributed by atoms with Crippen LogP contribution in [0.5, 0.6) is 0 Å². The van der Waals surface area contributed by atoms with Gasteiger partial charge in [0.1, 0.15) is 0 Å². The van der Waals surface area contributed by atoms with Gasteiger partial charge in [-0.3, -0.25) is 0 Å². The Kier molecular flexibility index (Phi) is 3.29. The third-order valence-electron chi connectivity index (χ3n) is 3.88. The molecule has 1 aromatic carbocycles. The van der Waals surface area contributed by atoms with Crippen molar-refractivity contribution in [3.8, 4) is 0 Å². The summed E-state index contributed by atoms with van der Waals surface area (Å²) in [5.74, 6) is 0.944. The fourth-order valence-corrected chi connectivity index (χ4v) is 2.73. The molecule has 1 unspecified atom stereocenters. The van der Waals surface area contributed by atoms with E-state index in [9.17, 15) is 0 Å². The standard InChI is InChI=1S/C14H17ClN4/c1-10-9-19(8-7-18(10)2)14-12-6-4-3-5-11(12)13(15)16-17-14/h3-6,10H,7-9H2,1-2H3. The Morgan fingerprint density at radius 2 is 1.89 bits per heavy atom. The molecule has 1 aromatic heterocycles. The number of hydrogen-bond donors (Lipinski definition) is 0. The Morgan fingerprint density at radius 3 is 2.63 bits per heavy atom. The van der Waals surface area contributed by atoms with Gasteiger partial charge in [0.25, 0.3) is 0 Å². The van der Waals surface area contributed by atoms with E-state index in [2.05, 4.69) is 40.0 Å². The lowest BCUT2D eigenvalue weighted by Crippen LogP contribution is -2.50. The summed E-state index contributed by atoms with van der Waals surface area (Å²) in [5, 5.41) is 10.9. The van der Waals surface area contributed by atoms with Crippen molar-refractivity contribution in [1.29, 1.82) is 0 Å². The Labute approximate surface area is 118 Å². The van der Waals surface area contributed by atoms with Gasteiger partial charge in [-0.2, -0.15) is 0 Å². The minimum Gasteiger partial charge on any atom is -0.352 e. The van der Waals surface area contributed by atoms with E-state index in [0.29, 0.717) is 11.2 Å². The third kappa shape index (κ3) is 2.26. The van der Waals surface area contributed by atoms with Crippen molar-refractivity contribution in [1.82, 2.24) is 15.1 Å². The van der Waals surface area contributed by atoms with Gasteiger partial charge < -0.3 is 9.80 Å². The van der Waals surface area contributed by atoms with E-state index < -0.39 is 0 Å². The van der Waals surface area contributed by atoms with Crippen LogP contribution in [0.1, 0.15) is 6.92 Å². The van der Waals surface area contributed by atoms with Crippen molar-refractivity contribution in [2.24, 2.45) is 0 Å². The number of hydrogen-bond acceptors (Lipinski definition) is 4. The average molecular weight is 277 g/mol. The lowest BCUT2D eigenvalue weighted by atomic mass is 10.1. The minimum atomic E-state index is 0.474. The summed E-state index contributed by atoms with van der Waals surface area (Å²) in [7, 11) is 2.16. The van der Waals surface area contributed by atoms with Crippen LogP contribution >= 0.6 is 11.6 Å². The summed E-state index contributed by atoms with van der Waals surface area (Å²) in [6.07, 6.45) is 0. The van der Waals surface area contributed by atoms with Crippen molar-refractivity contribution in [3.63, 3.8) is 0 Å². The van der Waals surface area contributed by atoms with Crippen LogP contribution < -0.4 is 4.90 Å². The summed E-state index contributed by atoms with van der Waals surface area (Å²) in [6.45, 7) is 5.22. The molecule has 1 aliphatic rings. The van der Waals surface area contributed by atoms with Gasteiger partial charge in [0.15, 0.2) is 11.0 Å². The second-order valence-corrected chi connectivity index (χ2v) is 5.49. The van der Waals surface area contributed by atoms with Gasteiger partial charge in [-0.05, 0) is 14.0 Å². The van der Waals surface area contributed by atoms with E-state index in [0.717, 1.165) is 36.2 Å². The van der Waals surface area contributed by atoms with Crippen LogP contribution in [0.15, 0.2) is 24.3 Å². The van der Waals surface area contributed by atoms with Crippen molar-refractivity contribution in [2.45, 2.75) is 13.0 Å². The number of rotatable bonds is 1. The molecule has 5 heteroatoms. The molecule has 0 bridgehead atoms. The molecule has 0 spiro atoms. The summed E-state index contributed by atoms with van der Waals surface area (Å²) in [4.78, 5) is 4.67. The largest absolute Gasteiger partial charge is 0.352 e. The maximum absolute atomic E-state index is 6.12. The highest BCUT2D eigenvalue weighted by atomic mass is 35.5. The Morgan fingerprint density at radius 1 is 1.16 bits per heavy atom. The van der Waals surface area contributed by atoms with Crippen molar-refractivity contribution in [2.75, 3.05) is 31.6 Å². The molecule has 2 aromatic rings. The molecule has 3 rings (SSSR count).